The van der Waals surface area contributed by atoms with Crippen molar-refractivity contribution < 1.29 is 0 Å². The minimum absolute atomic E-state index is 0.196. The summed E-state index contributed by atoms with van der Waals surface area (Å²) in [7, 11) is 0. The van der Waals surface area contributed by atoms with Crippen molar-refractivity contribution in [3.8, 4) is 33.6 Å². The summed E-state index contributed by atoms with van der Waals surface area (Å²) < 4.78 is 4.92. The summed E-state index contributed by atoms with van der Waals surface area (Å²) in [5.41, 5.74) is 16.3. The molecule has 0 N–H and O–H groups in total. The van der Waals surface area contributed by atoms with E-state index in [2.05, 4.69) is 221 Å². The molecule has 0 spiro atoms. The summed E-state index contributed by atoms with van der Waals surface area (Å²) in [4.78, 5) is 0. The van der Waals surface area contributed by atoms with Crippen molar-refractivity contribution in [3.05, 3.63) is 229 Å². The molecule has 2 heteroatoms. The van der Waals surface area contributed by atoms with Crippen LogP contribution in [-0.2, 0) is 0 Å². The normalized spacial score (nSPS) is 13.6. The molecule has 1 aliphatic rings. The summed E-state index contributed by atoms with van der Waals surface area (Å²) in [5.74, 6) is 0.196. The van der Waals surface area contributed by atoms with Gasteiger partial charge in [0.25, 0.3) is 0 Å². The van der Waals surface area contributed by atoms with Crippen molar-refractivity contribution in [3.63, 3.8) is 0 Å². The molecule has 0 amide bonds. The SMILES string of the molecule is c1ccc(-n2c3ccccc3c3cc4c5cc(-c6ccc7c(c6)-c6ccccc6C7c6ccc7ccccc7c6)ccc5n(-c5cccc6ccccc56)c4cc32)cc1. The zero-order chi connectivity index (χ0) is 38.6. The molecule has 0 aliphatic heterocycles. The number of hydrogen-bond acceptors (Lipinski definition) is 0. The van der Waals surface area contributed by atoms with Crippen LogP contribution >= 0.6 is 0 Å². The highest BCUT2D eigenvalue weighted by Crippen LogP contribution is 2.50. The third-order valence-electron chi connectivity index (χ3n) is 12.9. The fourth-order valence-corrected chi connectivity index (χ4v) is 10.3. The number of benzene rings is 10. The van der Waals surface area contributed by atoms with E-state index in [1.807, 2.05) is 0 Å². The van der Waals surface area contributed by atoms with E-state index in [4.69, 9.17) is 0 Å². The average molecular weight is 749 g/mol. The van der Waals surface area contributed by atoms with Crippen LogP contribution in [0.1, 0.15) is 22.6 Å². The maximum absolute atomic E-state index is 2.50. The van der Waals surface area contributed by atoms with Gasteiger partial charge in [-0.15, -0.1) is 0 Å². The third kappa shape index (κ3) is 4.75. The topological polar surface area (TPSA) is 9.86 Å². The van der Waals surface area contributed by atoms with Crippen LogP contribution in [0.15, 0.2) is 212 Å². The molecule has 59 heavy (non-hydrogen) atoms. The zero-order valence-electron chi connectivity index (χ0n) is 32.2. The van der Waals surface area contributed by atoms with Crippen LogP contribution < -0.4 is 0 Å². The Morgan fingerprint density at radius 3 is 1.86 bits per heavy atom. The van der Waals surface area contributed by atoms with Gasteiger partial charge in [-0.2, -0.15) is 0 Å². The van der Waals surface area contributed by atoms with E-state index in [0.717, 1.165) is 5.69 Å². The van der Waals surface area contributed by atoms with E-state index in [1.165, 1.54) is 110 Å². The second kappa shape index (κ2) is 12.4. The lowest BCUT2D eigenvalue weighted by Crippen LogP contribution is -1.99. The summed E-state index contributed by atoms with van der Waals surface area (Å²) in [6.07, 6.45) is 0. The largest absolute Gasteiger partial charge is 0.309 e. The summed E-state index contributed by atoms with van der Waals surface area (Å²) >= 11 is 0. The van der Waals surface area contributed by atoms with Gasteiger partial charge in [-0.1, -0.05) is 158 Å². The second-order valence-corrected chi connectivity index (χ2v) is 16.1. The number of para-hydroxylation sites is 2. The Hall–Kier alpha value is -7.68. The quantitative estimate of drug-likeness (QED) is 0.170. The van der Waals surface area contributed by atoms with Crippen molar-refractivity contribution in [1.29, 1.82) is 0 Å². The van der Waals surface area contributed by atoms with Gasteiger partial charge in [0, 0.05) is 38.5 Å². The van der Waals surface area contributed by atoms with E-state index >= 15 is 0 Å². The van der Waals surface area contributed by atoms with E-state index in [9.17, 15) is 0 Å². The molecule has 0 saturated carbocycles. The van der Waals surface area contributed by atoms with E-state index in [0.29, 0.717) is 0 Å². The molecule has 0 bridgehead atoms. The van der Waals surface area contributed by atoms with Crippen LogP contribution in [0.3, 0.4) is 0 Å². The van der Waals surface area contributed by atoms with Gasteiger partial charge in [-0.3, -0.25) is 0 Å². The van der Waals surface area contributed by atoms with Gasteiger partial charge in [0.15, 0.2) is 0 Å². The number of nitrogens with zero attached hydrogens (tertiary/aromatic N) is 2. The van der Waals surface area contributed by atoms with Gasteiger partial charge in [0.2, 0.25) is 0 Å². The lowest BCUT2D eigenvalue weighted by molar-refractivity contribution is 1.02. The Balaban J connectivity index is 1.05. The molecule has 0 radical (unpaired) electrons. The van der Waals surface area contributed by atoms with Gasteiger partial charge in [0.1, 0.15) is 0 Å². The van der Waals surface area contributed by atoms with Crippen LogP contribution in [0.2, 0.25) is 0 Å². The van der Waals surface area contributed by atoms with Gasteiger partial charge in [0.05, 0.1) is 27.8 Å². The predicted molar refractivity (Wildman–Crippen MR) is 248 cm³/mol. The molecule has 0 saturated heterocycles. The highest BCUT2D eigenvalue weighted by atomic mass is 15.0. The molecule has 12 aromatic rings. The van der Waals surface area contributed by atoms with Gasteiger partial charge < -0.3 is 9.13 Å². The molecular formula is C57H36N2. The first-order valence-electron chi connectivity index (χ1n) is 20.5. The first-order valence-corrected chi connectivity index (χ1v) is 20.5. The predicted octanol–water partition coefficient (Wildman–Crippen LogP) is 15.0. The Morgan fingerprint density at radius 2 is 0.949 bits per heavy atom. The highest BCUT2D eigenvalue weighted by Gasteiger charge is 2.30. The Bertz CT molecular complexity index is 3670. The van der Waals surface area contributed by atoms with Crippen LogP contribution in [0.5, 0.6) is 0 Å². The minimum atomic E-state index is 0.196. The van der Waals surface area contributed by atoms with Crippen molar-refractivity contribution in [2.45, 2.75) is 5.92 Å². The summed E-state index contributed by atoms with van der Waals surface area (Å²) in [6, 6.07) is 78.8. The first kappa shape index (κ1) is 32.4. The lowest BCUT2D eigenvalue weighted by atomic mass is 9.87. The highest BCUT2D eigenvalue weighted by molar-refractivity contribution is 6.20. The average Bonchev–Trinajstić information content (AvgIpc) is 3.92. The maximum atomic E-state index is 2.50. The van der Waals surface area contributed by atoms with E-state index < -0.39 is 0 Å². The molecule has 10 aromatic carbocycles. The third-order valence-corrected chi connectivity index (χ3v) is 12.9. The Morgan fingerprint density at radius 1 is 0.305 bits per heavy atom. The molecule has 2 aromatic heterocycles. The van der Waals surface area contributed by atoms with Crippen LogP contribution in [0, 0.1) is 0 Å². The van der Waals surface area contributed by atoms with Gasteiger partial charge in [-0.05, 0) is 110 Å². The second-order valence-electron chi connectivity index (χ2n) is 16.1. The summed E-state index contributed by atoms with van der Waals surface area (Å²) in [5, 5.41) is 10.0. The molecule has 2 nitrogen and oxygen atoms in total. The monoisotopic (exact) mass is 748 g/mol. The molecule has 1 aliphatic carbocycles. The van der Waals surface area contributed by atoms with Crippen LogP contribution in [-0.4, -0.2) is 9.13 Å². The molecule has 0 fully saturated rings. The van der Waals surface area contributed by atoms with Gasteiger partial charge >= 0.3 is 0 Å². The number of aromatic nitrogens is 2. The fraction of sp³-hybridized carbons (Fsp3) is 0.0175. The molecule has 13 rings (SSSR count). The molecule has 274 valence electrons. The Kier molecular flexibility index (Phi) is 6.82. The number of fused-ring (bicyclic) bond motifs is 11. The van der Waals surface area contributed by atoms with Crippen molar-refractivity contribution in [1.82, 2.24) is 9.13 Å². The molecule has 1 unspecified atom stereocenters. The van der Waals surface area contributed by atoms with Gasteiger partial charge in [-0.25, -0.2) is 0 Å². The minimum Gasteiger partial charge on any atom is -0.309 e. The van der Waals surface area contributed by atoms with Crippen molar-refractivity contribution in [2.24, 2.45) is 0 Å². The number of rotatable bonds is 4. The van der Waals surface area contributed by atoms with E-state index in [-0.39, 0.29) is 5.92 Å². The Labute approximate surface area is 341 Å². The maximum Gasteiger partial charge on any atom is 0.0562 e. The fourth-order valence-electron chi connectivity index (χ4n) is 10.3. The smallest absolute Gasteiger partial charge is 0.0562 e. The summed E-state index contributed by atoms with van der Waals surface area (Å²) in [6.45, 7) is 0. The molecular weight excluding hydrogens is 713 g/mol. The number of hydrogen-bond donors (Lipinski definition) is 0. The standard InChI is InChI=1S/C57H36N2/c1-2-17-42(18-3-1)58-53-23-11-10-21-45(53)50-34-51-49-33-40(28-30-54(49)59(56(51)35-55(50)58)52-24-12-16-37-14-6-7-19-43(37)52)39-27-29-47-48(32-39)44-20-8-9-22-46(44)57(47)41-26-25-36-13-4-5-15-38(36)31-41/h1-35,57H. The first-order chi connectivity index (χ1) is 29.3. The molecule has 1 atom stereocenters. The van der Waals surface area contributed by atoms with Crippen LogP contribution in [0.4, 0.5) is 0 Å². The lowest BCUT2D eigenvalue weighted by Gasteiger charge is -2.16. The van der Waals surface area contributed by atoms with E-state index in [1.54, 1.807) is 0 Å². The zero-order valence-corrected chi connectivity index (χ0v) is 32.2. The van der Waals surface area contributed by atoms with Crippen molar-refractivity contribution in [2.75, 3.05) is 0 Å². The van der Waals surface area contributed by atoms with Crippen molar-refractivity contribution >= 4 is 65.2 Å². The molecule has 2 heterocycles. The van der Waals surface area contributed by atoms with Crippen LogP contribution in [0.25, 0.3) is 98.8 Å².